The van der Waals surface area contributed by atoms with Gasteiger partial charge in [0, 0.05) is 23.0 Å². The van der Waals surface area contributed by atoms with Gasteiger partial charge in [0.05, 0.1) is 13.2 Å². The molecule has 0 saturated carbocycles. The summed E-state index contributed by atoms with van der Waals surface area (Å²) in [5.74, 6) is 0.427. The number of likely N-dealkylation sites (tertiary alicyclic amines) is 1. The zero-order valence-electron chi connectivity index (χ0n) is 16.4. The zero-order valence-corrected chi connectivity index (χ0v) is 16.4. The van der Waals surface area contributed by atoms with Crippen molar-refractivity contribution in [2.24, 2.45) is 0 Å². The van der Waals surface area contributed by atoms with Crippen molar-refractivity contribution in [1.29, 1.82) is 0 Å². The third kappa shape index (κ3) is 4.89. The Bertz CT molecular complexity index is 837. The number of hydrogen-bond donors (Lipinski definition) is 2. The number of benzene rings is 2. The first-order valence-electron chi connectivity index (χ1n) is 9.71. The van der Waals surface area contributed by atoms with Crippen LogP contribution in [0.25, 0.3) is 0 Å². The largest absolute Gasteiger partial charge is 0.497 e. The van der Waals surface area contributed by atoms with Crippen molar-refractivity contribution in [2.75, 3.05) is 30.8 Å². The van der Waals surface area contributed by atoms with Crippen LogP contribution < -0.4 is 15.4 Å². The van der Waals surface area contributed by atoms with Gasteiger partial charge in [-0.05, 0) is 56.3 Å². The van der Waals surface area contributed by atoms with Crippen LogP contribution in [-0.2, 0) is 4.79 Å². The molecule has 0 spiro atoms. The lowest BCUT2D eigenvalue weighted by atomic mass is 10.0. The lowest BCUT2D eigenvalue weighted by molar-refractivity contribution is -0.122. The Morgan fingerprint density at radius 3 is 2.57 bits per heavy atom. The number of carbonyl (C=O) groups excluding carboxylic acids is 2. The molecule has 1 saturated heterocycles. The van der Waals surface area contributed by atoms with Gasteiger partial charge in [-0.3, -0.25) is 14.5 Å². The fraction of sp³-hybridized carbons (Fsp3) is 0.364. The minimum Gasteiger partial charge on any atom is -0.497 e. The van der Waals surface area contributed by atoms with Crippen molar-refractivity contribution in [3.05, 3.63) is 54.1 Å². The molecular weight excluding hydrogens is 354 g/mol. The average Bonchev–Trinajstić information content (AvgIpc) is 2.74. The van der Waals surface area contributed by atoms with Crippen LogP contribution in [0.5, 0.6) is 5.75 Å². The Labute approximate surface area is 165 Å². The predicted molar refractivity (Wildman–Crippen MR) is 111 cm³/mol. The van der Waals surface area contributed by atoms with E-state index in [-0.39, 0.29) is 17.9 Å². The second kappa shape index (κ2) is 9.37. The van der Waals surface area contributed by atoms with Gasteiger partial charge in [-0.25, -0.2) is 0 Å². The SMILES string of the molecule is CCN1CCCC[C@H]1C(=O)Nc1cccc(C(=O)Nc2cccc(OC)c2)c1. The topological polar surface area (TPSA) is 70.7 Å². The van der Waals surface area contributed by atoms with Gasteiger partial charge >= 0.3 is 0 Å². The van der Waals surface area contributed by atoms with Crippen LogP contribution in [0.3, 0.4) is 0 Å². The Balaban J connectivity index is 1.67. The molecular formula is C22H27N3O3. The van der Waals surface area contributed by atoms with Gasteiger partial charge in [0.2, 0.25) is 5.91 Å². The quantitative estimate of drug-likeness (QED) is 0.799. The fourth-order valence-corrected chi connectivity index (χ4v) is 3.53. The van der Waals surface area contributed by atoms with E-state index in [9.17, 15) is 9.59 Å². The molecule has 0 aromatic heterocycles. The molecule has 2 aromatic carbocycles. The summed E-state index contributed by atoms with van der Waals surface area (Å²) in [6.45, 7) is 3.90. The van der Waals surface area contributed by atoms with Gasteiger partial charge in [-0.2, -0.15) is 0 Å². The van der Waals surface area contributed by atoms with Crippen LogP contribution >= 0.6 is 0 Å². The van der Waals surface area contributed by atoms with Crippen LogP contribution in [0.15, 0.2) is 48.5 Å². The van der Waals surface area contributed by atoms with Crippen LogP contribution in [-0.4, -0.2) is 43.0 Å². The molecule has 1 aliphatic rings. The van der Waals surface area contributed by atoms with Gasteiger partial charge in [-0.15, -0.1) is 0 Å². The molecule has 1 aliphatic heterocycles. The summed E-state index contributed by atoms with van der Waals surface area (Å²) in [6, 6.07) is 14.1. The summed E-state index contributed by atoms with van der Waals surface area (Å²) in [6.07, 6.45) is 3.07. The highest BCUT2D eigenvalue weighted by atomic mass is 16.5. The van der Waals surface area contributed by atoms with Crippen molar-refractivity contribution in [1.82, 2.24) is 4.90 Å². The Morgan fingerprint density at radius 1 is 1.07 bits per heavy atom. The normalized spacial score (nSPS) is 17.0. The van der Waals surface area contributed by atoms with Crippen LogP contribution in [0.1, 0.15) is 36.5 Å². The van der Waals surface area contributed by atoms with E-state index < -0.39 is 0 Å². The molecule has 148 valence electrons. The summed E-state index contributed by atoms with van der Waals surface area (Å²) in [5, 5.41) is 5.83. The Morgan fingerprint density at radius 2 is 1.82 bits per heavy atom. The highest BCUT2D eigenvalue weighted by molar-refractivity contribution is 6.05. The summed E-state index contributed by atoms with van der Waals surface area (Å²) in [5.41, 5.74) is 1.76. The van der Waals surface area contributed by atoms with Crippen molar-refractivity contribution in [3.8, 4) is 5.75 Å². The summed E-state index contributed by atoms with van der Waals surface area (Å²) in [4.78, 5) is 27.5. The van der Waals surface area contributed by atoms with E-state index in [0.29, 0.717) is 22.7 Å². The van der Waals surface area contributed by atoms with E-state index in [1.54, 1.807) is 43.5 Å². The minimum atomic E-state index is -0.239. The maximum absolute atomic E-state index is 12.7. The van der Waals surface area contributed by atoms with Gasteiger partial charge in [-0.1, -0.05) is 25.5 Å². The van der Waals surface area contributed by atoms with E-state index in [2.05, 4.69) is 22.5 Å². The number of carbonyl (C=O) groups is 2. The average molecular weight is 381 g/mol. The predicted octanol–water partition coefficient (Wildman–Crippen LogP) is 3.76. The van der Waals surface area contributed by atoms with E-state index >= 15 is 0 Å². The number of likely N-dealkylation sites (N-methyl/N-ethyl adjacent to an activating group) is 1. The van der Waals surface area contributed by atoms with Crippen molar-refractivity contribution in [3.63, 3.8) is 0 Å². The lowest BCUT2D eigenvalue weighted by Gasteiger charge is -2.33. The molecule has 0 aliphatic carbocycles. The second-order valence-corrected chi connectivity index (χ2v) is 6.90. The van der Waals surface area contributed by atoms with E-state index in [4.69, 9.17) is 4.74 Å². The van der Waals surface area contributed by atoms with E-state index in [1.807, 2.05) is 12.1 Å². The summed E-state index contributed by atoms with van der Waals surface area (Å²) < 4.78 is 5.18. The number of nitrogens with one attached hydrogen (secondary N) is 2. The maximum Gasteiger partial charge on any atom is 0.255 e. The molecule has 1 fully saturated rings. The fourth-order valence-electron chi connectivity index (χ4n) is 3.53. The third-order valence-corrected chi connectivity index (χ3v) is 5.04. The monoisotopic (exact) mass is 381 g/mol. The first-order chi connectivity index (χ1) is 13.6. The molecule has 2 aromatic rings. The summed E-state index contributed by atoms with van der Waals surface area (Å²) >= 11 is 0. The number of amides is 2. The zero-order chi connectivity index (χ0) is 19.9. The van der Waals surface area contributed by atoms with Crippen molar-refractivity contribution < 1.29 is 14.3 Å². The first kappa shape index (κ1) is 19.9. The highest BCUT2D eigenvalue weighted by Gasteiger charge is 2.27. The van der Waals surface area contributed by atoms with Gasteiger partial charge in [0.15, 0.2) is 0 Å². The first-order valence-corrected chi connectivity index (χ1v) is 9.71. The standard InChI is InChI=1S/C22H27N3O3/c1-3-25-13-5-4-12-20(25)22(27)24-17-9-6-8-16(14-17)21(26)23-18-10-7-11-19(15-18)28-2/h6-11,14-15,20H,3-5,12-13H2,1-2H3,(H,23,26)(H,24,27)/t20-/m0/s1. The Hall–Kier alpha value is -2.86. The number of nitrogens with zero attached hydrogens (tertiary/aromatic N) is 1. The van der Waals surface area contributed by atoms with Gasteiger partial charge in [0.25, 0.3) is 5.91 Å². The molecule has 6 heteroatoms. The van der Waals surface area contributed by atoms with E-state index in [0.717, 1.165) is 32.4 Å². The molecule has 0 bridgehead atoms. The molecule has 3 rings (SSSR count). The highest BCUT2D eigenvalue weighted by Crippen LogP contribution is 2.20. The molecule has 0 unspecified atom stereocenters. The smallest absolute Gasteiger partial charge is 0.255 e. The van der Waals surface area contributed by atoms with Crippen molar-refractivity contribution >= 4 is 23.2 Å². The van der Waals surface area contributed by atoms with Crippen LogP contribution in [0.2, 0.25) is 0 Å². The molecule has 2 amide bonds. The molecule has 0 radical (unpaired) electrons. The number of ether oxygens (including phenoxy) is 1. The Kier molecular flexibility index (Phi) is 6.66. The molecule has 6 nitrogen and oxygen atoms in total. The lowest BCUT2D eigenvalue weighted by Crippen LogP contribution is -2.46. The second-order valence-electron chi connectivity index (χ2n) is 6.90. The number of methoxy groups -OCH3 is 1. The van der Waals surface area contributed by atoms with Gasteiger partial charge < -0.3 is 15.4 Å². The molecule has 2 N–H and O–H groups in total. The minimum absolute atomic E-state index is 0.00750. The number of piperidine rings is 1. The summed E-state index contributed by atoms with van der Waals surface area (Å²) in [7, 11) is 1.58. The number of anilines is 2. The van der Waals surface area contributed by atoms with Crippen molar-refractivity contribution in [2.45, 2.75) is 32.2 Å². The number of rotatable bonds is 6. The number of hydrogen-bond acceptors (Lipinski definition) is 4. The maximum atomic E-state index is 12.7. The molecule has 1 atom stereocenters. The van der Waals surface area contributed by atoms with Gasteiger partial charge in [0.1, 0.15) is 5.75 Å². The molecule has 1 heterocycles. The third-order valence-electron chi connectivity index (χ3n) is 5.04. The van der Waals surface area contributed by atoms with E-state index in [1.165, 1.54) is 0 Å². The molecule has 28 heavy (non-hydrogen) atoms. The van der Waals surface area contributed by atoms with Crippen LogP contribution in [0.4, 0.5) is 11.4 Å². The van der Waals surface area contributed by atoms with Crippen LogP contribution in [0, 0.1) is 0 Å².